The molecule has 0 saturated carbocycles. The van der Waals surface area contributed by atoms with Gasteiger partial charge in [0, 0.05) is 11.4 Å². The van der Waals surface area contributed by atoms with Gasteiger partial charge in [-0.25, -0.2) is 0 Å². The first-order valence-electron chi connectivity index (χ1n) is 7.46. The van der Waals surface area contributed by atoms with Crippen LogP contribution in [0.2, 0.25) is 0 Å². The van der Waals surface area contributed by atoms with Crippen molar-refractivity contribution in [3.63, 3.8) is 0 Å². The zero-order valence-electron chi connectivity index (χ0n) is 12.7. The van der Waals surface area contributed by atoms with Crippen molar-refractivity contribution in [3.8, 4) is 0 Å². The summed E-state index contributed by atoms with van der Waals surface area (Å²) in [7, 11) is 0. The van der Waals surface area contributed by atoms with Gasteiger partial charge in [-0.1, -0.05) is 72.3 Å². The number of hydrogen-bond donors (Lipinski definition) is 1. The summed E-state index contributed by atoms with van der Waals surface area (Å²) >= 11 is 0. The fraction of sp³-hybridized carbons (Fsp3) is 0.0476. The molecule has 22 heavy (non-hydrogen) atoms. The zero-order valence-corrected chi connectivity index (χ0v) is 12.7. The van der Waals surface area contributed by atoms with E-state index >= 15 is 0 Å². The van der Waals surface area contributed by atoms with Crippen LogP contribution in [0.5, 0.6) is 0 Å². The van der Waals surface area contributed by atoms with Crippen LogP contribution in [0.1, 0.15) is 16.7 Å². The first-order valence-corrected chi connectivity index (χ1v) is 7.46. The van der Waals surface area contributed by atoms with Crippen molar-refractivity contribution in [1.29, 1.82) is 0 Å². The van der Waals surface area contributed by atoms with Gasteiger partial charge in [-0.2, -0.15) is 0 Å². The predicted octanol–water partition coefficient (Wildman–Crippen LogP) is 5.91. The average Bonchev–Trinajstić information content (AvgIpc) is 2.57. The molecule has 0 unspecified atom stereocenters. The van der Waals surface area contributed by atoms with Crippen molar-refractivity contribution >= 4 is 23.5 Å². The Morgan fingerprint density at radius 1 is 0.591 bits per heavy atom. The molecule has 0 radical (unpaired) electrons. The van der Waals surface area contributed by atoms with Gasteiger partial charge in [0.25, 0.3) is 0 Å². The van der Waals surface area contributed by atoms with Gasteiger partial charge in [0.2, 0.25) is 0 Å². The molecule has 0 heterocycles. The van der Waals surface area contributed by atoms with E-state index in [4.69, 9.17) is 0 Å². The second kappa shape index (κ2) is 6.77. The zero-order chi connectivity index (χ0) is 15.2. The van der Waals surface area contributed by atoms with Gasteiger partial charge in [-0.3, -0.25) is 0 Å². The molecule has 1 heteroatoms. The van der Waals surface area contributed by atoms with Gasteiger partial charge in [0.1, 0.15) is 0 Å². The van der Waals surface area contributed by atoms with E-state index in [-0.39, 0.29) is 0 Å². The molecule has 0 amide bonds. The maximum absolute atomic E-state index is 3.41. The van der Waals surface area contributed by atoms with E-state index in [1.165, 1.54) is 16.7 Å². The highest BCUT2D eigenvalue weighted by Crippen LogP contribution is 2.18. The molecule has 0 aliphatic carbocycles. The van der Waals surface area contributed by atoms with Crippen molar-refractivity contribution in [2.75, 3.05) is 5.32 Å². The third kappa shape index (κ3) is 3.86. The minimum absolute atomic E-state index is 1.10. The minimum atomic E-state index is 1.10. The molecule has 0 spiro atoms. The molecule has 0 saturated heterocycles. The summed E-state index contributed by atoms with van der Waals surface area (Å²) in [6, 6.07) is 27.2. The maximum Gasteiger partial charge on any atom is 0.0384 e. The van der Waals surface area contributed by atoms with Gasteiger partial charge in [0.05, 0.1) is 0 Å². The Bertz CT molecular complexity index is 738. The van der Waals surface area contributed by atoms with Crippen LogP contribution in [-0.2, 0) is 0 Å². The van der Waals surface area contributed by atoms with Crippen LogP contribution < -0.4 is 5.32 Å². The van der Waals surface area contributed by atoms with Crippen LogP contribution >= 0.6 is 0 Å². The molecule has 3 aromatic carbocycles. The van der Waals surface area contributed by atoms with E-state index in [1.54, 1.807) is 0 Å². The lowest BCUT2D eigenvalue weighted by Gasteiger charge is -2.07. The molecule has 0 aliphatic rings. The highest BCUT2D eigenvalue weighted by Gasteiger charge is 1.95. The first-order chi connectivity index (χ1) is 10.8. The Morgan fingerprint density at radius 3 is 1.68 bits per heavy atom. The topological polar surface area (TPSA) is 12.0 Å². The summed E-state index contributed by atoms with van der Waals surface area (Å²) in [4.78, 5) is 0. The number of anilines is 2. The molecule has 3 rings (SSSR count). The van der Waals surface area contributed by atoms with Crippen LogP contribution in [0, 0.1) is 6.92 Å². The van der Waals surface area contributed by atoms with Crippen LogP contribution in [0.15, 0.2) is 78.9 Å². The van der Waals surface area contributed by atoms with Gasteiger partial charge >= 0.3 is 0 Å². The Balaban J connectivity index is 1.67. The Kier molecular flexibility index (Phi) is 4.35. The largest absolute Gasteiger partial charge is 0.356 e. The highest BCUT2D eigenvalue weighted by molar-refractivity contribution is 5.71. The number of nitrogens with one attached hydrogen (secondary N) is 1. The Morgan fingerprint density at radius 2 is 1.09 bits per heavy atom. The van der Waals surface area contributed by atoms with E-state index in [0.29, 0.717) is 0 Å². The fourth-order valence-electron chi connectivity index (χ4n) is 2.24. The summed E-state index contributed by atoms with van der Waals surface area (Å²) in [6.45, 7) is 2.09. The SMILES string of the molecule is Cc1ccc(Nc2ccc(/C=C/c3ccccc3)cc2)cc1. The monoisotopic (exact) mass is 285 g/mol. The summed E-state index contributed by atoms with van der Waals surface area (Å²) in [6.07, 6.45) is 4.26. The van der Waals surface area contributed by atoms with Crippen molar-refractivity contribution < 1.29 is 0 Å². The van der Waals surface area contributed by atoms with Crippen LogP contribution in [-0.4, -0.2) is 0 Å². The summed E-state index contributed by atoms with van der Waals surface area (Å²) in [5.41, 5.74) is 5.88. The third-order valence-corrected chi connectivity index (χ3v) is 3.52. The molecule has 0 aliphatic heterocycles. The number of aryl methyl sites for hydroxylation is 1. The summed E-state index contributed by atoms with van der Waals surface area (Å²) < 4.78 is 0. The van der Waals surface area contributed by atoms with Crippen molar-refractivity contribution in [2.45, 2.75) is 6.92 Å². The van der Waals surface area contributed by atoms with Crippen LogP contribution in [0.25, 0.3) is 12.2 Å². The lowest BCUT2D eigenvalue weighted by molar-refractivity contribution is 1.45. The van der Waals surface area contributed by atoms with E-state index in [2.05, 4.69) is 85.1 Å². The molecular weight excluding hydrogens is 266 g/mol. The fourth-order valence-corrected chi connectivity index (χ4v) is 2.24. The lowest BCUT2D eigenvalue weighted by Crippen LogP contribution is -1.89. The second-order valence-electron chi connectivity index (χ2n) is 5.36. The highest BCUT2D eigenvalue weighted by atomic mass is 14.9. The molecular formula is C21H19N. The Hall–Kier alpha value is -2.80. The molecule has 1 N–H and O–H groups in total. The van der Waals surface area contributed by atoms with Crippen molar-refractivity contribution in [3.05, 3.63) is 95.6 Å². The number of rotatable bonds is 4. The van der Waals surface area contributed by atoms with Crippen LogP contribution in [0.3, 0.4) is 0 Å². The lowest BCUT2D eigenvalue weighted by atomic mass is 10.1. The molecule has 0 fully saturated rings. The van der Waals surface area contributed by atoms with E-state index in [1.807, 2.05) is 18.2 Å². The number of hydrogen-bond acceptors (Lipinski definition) is 1. The first kappa shape index (κ1) is 14.2. The predicted molar refractivity (Wildman–Crippen MR) is 96.3 cm³/mol. The number of benzene rings is 3. The van der Waals surface area contributed by atoms with Crippen LogP contribution in [0.4, 0.5) is 11.4 Å². The quantitative estimate of drug-likeness (QED) is 0.588. The molecule has 1 nitrogen and oxygen atoms in total. The molecule has 0 aromatic heterocycles. The van der Waals surface area contributed by atoms with Crippen molar-refractivity contribution in [2.24, 2.45) is 0 Å². The van der Waals surface area contributed by atoms with Gasteiger partial charge < -0.3 is 5.32 Å². The third-order valence-electron chi connectivity index (χ3n) is 3.52. The molecule has 3 aromatic rings. The van der Waals surface area contributed by atoms with Gasteiger partial charge in [-0.15, -0.1) is 0 Å². The second-order valence-corrected chi connectivity index (χ2v) is 5.36. The summed E-state index contributed by atoms with van der Waals surface area (Å²) in [5.74, 6) is 0. The molecule has 0 atom stereocenters. The summed E-state index contributed by atoms with van der Waals surface area (Å²) in [5, 5.41) is 3.41. The molecule has 0 bridgehead atoms. The standard InChI is InChI=1S/C21H19N/c1-17-7-13-20(14-8-17)22-21-15-11-19(12-16-21)10-9-18-5-3-2-4-6-18/h2-16,22H,1H3/b10-9+. The average molecular weight is 285 g/mol. The normalized spacial score (nSPS) is 10.8. The van der Waals surface area contributed by atoms with E-state index < -0.39 is 0 Å². The Labute approximate surface area is 132 Å². The minimum Gasteiger partial charge on any atom is -0.356 e. The maximum atomic E-state index is 3.41. The smallest absolute Gasteiger partial charge is 0.0384 e. The van der Waals surface area contributed by atoms with Gasteiger partial charge in [0.15, 0.2) is 0 Å². The van der Waals surface area contributed by atoms with Gasteiger partial charge in [-0.05, 0) is 42.3 Å². The van der Waals surface area contributed by atoms with E-state index in [9.17, 15) is 0 Å². The van der Waals surface area contributed by atoms with Crippen molar-refractivity contribution in [1.82, 2.24) is 0 Å². The van der Waals surface area contributed by atoms with E-state index in [0.717, 1.165) is 11.4 Å². The molecule has 108 valence electrons.